The van der Waals surface area contributed by atoms with E-state index in [9.17, 15) is 4.79 Å². The van der Waals surface area contributed by atoms with Crippen molar-refractivity contribution in [2.45, 2.75) is 12.5 Å². The van der Waals surface area contributed by atoms with Gasteiger partial charge in [-0.1, -0.05) is 11.6 Å². The number of ether oxygens (including phenoxy) is 1. The molecule has 0 spiro atoms. The molecule has 0 aliphatic carbocycles. The van der Waals surface area contributed by atoms with Gasteiger partial charge in [0.1, 0.15) is 5.82 Å². The number of rotatable bonds is 2. The molecule has 6 heteroatoms. The minimum absolute atomic E-state index is 0.105. The number of halogens is 1. The van der Waals surface area contributed by atoms with Crippen LogP contribution in [-0.2, 0) is 4.74 Å². The van der Waals surface area contributed by atoms with Gasteiger partial charge in [-0.25, -0.2) is 4.98 Å². The molecule has 92 valence electrons. The third-order valence-electron chi connectivity index (χ3n) is 2.88. The smallest absolute Gasteiger partial charge is 0.255 e. The molecule has 0 aromatic carbocycles. The number of aromatic nitrogens is 1. The summed E-state index contributed by atoms with van der Waals surface area (Å²) >= 11 is 5.95. The highest BCUT2D eigenvalue weighted by atomic mass is 35.5. The van der Waals surface area contributed by atoms with Crippen LogP contribution in [0.3, 0.4) is 0 Å². The van der Waals surface area contributed by atoms with Crippen LogP contribution in [0.1, 0.15) is 16.8 Å². The van der Waals surface area contributed by atoms with E-state index < -0.39 is 0 Å². The summed E-state index contributed by atoms with van der Waals surface area (Å²) in [6, 6.07) is 1.60. The molecule has 2 N–H and O–H groups in total. The minimum atomic E-state index is -0.153. The van der Waals surface area contributed by atoms with Gasteiger partial charge in [-0.15, -0.1) is 0 Å². The highest BCUT2D eigenvalue weighted by Gasteiger charge is 2.26. The Labute approximate surface area is 105 Å². The molecule has 0 radical (unpaired) electrons. The van der Waals surface area contributed by atoms with E-state index in [0.29, 0.717) is 23.8 Å². The quantitative estimate of drug-likeness (QED) is 0.862. The number of likely N-dealkylation sites (N-methyl/N-ethyl adjacent to an activating group) is 1. The second-order valence-corrected chi connectivity index (χ2v) is 4.43. The first-order valence-corrected chi connectivity index (χ1v) is 5.73. The molecule has 0 bridgehead atoms. The van der Waals surface area contributed by atoms with Crippen molar-refractivity contribution in [3.8, 4) is 0 Å². The number of amides is 1. The number of hydrogen-bond donors (Lipinski definition) is 1. The summed E-state index contributed by atoms with van der Waals surface area (Å²) < 4.78 is 5.25. The van der Waals surface area contributed by atoms with Gasteiger partial charge in [0.05, 0.1) is 23.2 Å². The van der Waals surface area contributed by atoms with E-state index in [1.165, 1.54) is 12.3 Å². The summed E-state index contributed by atoms with van der Waals surface area (Å²) in [5.41, 5.74) is 5.94. The number of hydrogen-bond acceptors (Lipinski definition) is 4. The summed E-state index contributed by atoms with van der Waals surface area (Å²) in [5.74, 6) is 0.133. The van der Waals surface area contributed by atoms with E-state index in [0.717, 1.165) is 6.42 Å². The molecule has 2 rings (SSSR count). The van der Waals surface area contributed by atoms with Gasteiger partial charge in [-0.3, -0.25) is 4.79 Å². The molecule has 1 unspecified atom stereocenters. The Morgan fingerprint density at radius 2 is 2.47 bits per heavy atom. The van der Waals surface area contributed by atoms with Crippen molar-refractivity contribution in [3.05, 3.63) is 22.8 Å². The fourth-order valence-electron chi connectivity index (χ4n) is 1.80. The van der Waals surface area contributed by atoms with Crippen LogP contribution >= 0.6 is 11.6 Å². The maximum atomic E-state index is 12.2. The highest BCUT2D eigenvalue weighted by Crippen LogP contribution is 2.20. The van der Waals surface area contributed by atoms with Gasteiger partial charge in [0, 0.05) is 19.9 Å². The van der Waals surface area contributed by atoms with Crippen LogP contribution in [0.25, 0.3) is 0 Å². The lowest BCUT2D eigenvalue weighted by Gasteiger charge is -2.23. The van der Waals surface area contributed by atoms with E-state index in [1.807, 2.05) is 0 Å². The Hall–Kier alpha value is -1.33. The standard InChI is InChI=1S/C11H14ClN3O2/c1-15(7-2-3-17-6-7)11(16)8-4-10(13)14-5-9(8)12/h4-5,7H,2-3,6H2,1H3,(H2,13,14). The van der Waals surface area contributed by atoms with Crippen LogP contribution in [0, 0.1) is 0 Å². The van der Waals surface area contributed by atoms with Crippen LogP contribution in [0.5, 0.6) is 0 Å². The lowest BCUT2D eigenvalue weighted by atomic mass is 10.1. The topological polar surface area (TPSA) is 68.5 Å². The molecule has 1 amide bonds. The zero-order valence-corrected chi connectivity index (χ0v) is 10.3. The molecule has 1 aliphatic rings. The first-order chi connectivity index (χ1) is 8.09. The zero-order chi connectivity index (χ0) is 12.4. The monoisotopic (exact) mass is 255 g/mol. The van der Waals surface area contributed by atoms with Gasteiger partial charge < -0.3 is 15.4 Å². The largest absolute Gasteiger partial charge is 0.384 e. The molecule has 1 aromatic rings. The van der Waals surface area contributed by atoms with Gasteiger partial charge in [0.15, 0.2) is 0 Å². The zero-order valence-electron chi connectivity index (χ0n) is 9.52. The van der Waals surface area contributed by atoms with Crippen molar-refractivity contribution in [2.75, 3.05) is 26.0 Å². The number of pyridine rings is 1. The number of carbonyl (C=O) groups excluding carboxylic acids is 1. The number of carbonyl (C=O) groups is 1. The summed E-state index contributed by atoms with van der Waals surface area (Å²) in [6.07, 6.45) is 2.24. The van der Waals surface area contributed by atoms with Crippen molar-refractivity contribution in [3.63, 3.8) is 0 Å². The average Bonchev–Trinajstić information content (AvgIpc) is 2.84. The van der Waals surface area contributed by atoms with Crippen molar-refractivity contribution in [2.24, 2.45) is 0 Å². The molecule has 1 aromatic heterocycles. The van der Waals surface area contributed by atoms with E-state index in [2.05, 4.69) is 4.98 Å². The first kappa shape index (κ1) is 12.1. The van der Waals surface area contributed by atoms with Gasteiger partial charge in [-0.05, 0) is 12.5 Å². The van der Waals surface area contributed by atoms with Crippen molar-refractivity contribution < 1.29 is 9.53 Å². The molecule has 1 saturated heterocycles. The van der Waals surface area contributed by atoms with Crippen LogP contribution < -0.4 is 5.73 Å². The predicted molar refractivity (Wildman–Crippen MR) is 65.0 cm³/mol. The summed E-state index contributed by atoms with van der Waals surface area (Å²) in [7, 11) is 1.74. The van der Waals surface area contributed by atoms with E-state index in [4.69, 9.17) is 22.1 Å². The lowest BCUT2D eigenvalue weighted by molar-refractivity contribution is 0.0711. The van der Waals surface area contributed by atoms with Crippen LogP contribution in [0.2, 0.25) is 5.02 Å². The van der Waals surface area contributed by atoms with Gasteiger partial charge in [-0.2, -0.15) is 0 Å². The van der Waals surface area contributed by atoms with E-state index in [-0.39, 0.29) is 17.8 Å². The second-order valence-electron chi connectivity index (χ2n) is 4.02. The third kappa shape index (κ3) is 2.50. The molecular weight excluding hydrogens is 242 g/mol. The Morgan fingerprint density at radius 3 is 3.12 bits per heavy atom. The molecule has 1 aliphatic heterocycles. The Balaban J connectivity index is 2.20. The molecule has 1 fully saturated rings. The Kier molecular flexibility index (Phi) is 3.49. The van der Waals surface area contributed by atoms with Crippen molar-refractivity contribution in [1.29, 1.82) is 0 Å². The van der Waals surface area contributed by atoms with Crippen LogP contribution in [0.15, 0.2) is 12.3 Å². The molecule has 5 nitrogen and oxygen atoms in total. The maximum Gasteiger partial charge on any atom is 0.255 e. The predicted octanol–water partition coefficient (Wildman–Crippen LogP) is 1.18. The molecule has 0 saturated carbocycles. The Morgan fingerprint density at radius 1 is 1.71 bits per heavy atom. The van der Waals surface area contributed by atoms with Crippen molar-refractivity contribution in [1.82, 2.24) is 9.88 Å². The fourth-order valence-corrected chi connectivity index (χ4v) is 1.99. The first-order valence-electron chi connectivity index (χ1n) is 5.35. The molecule has 17 heavy (non-hydrogen) atoms. The number of anilines is 1. The Bertz CT molecular complexity index is 433. The summed E-state index contributed by atoms with van der Waals surface area (Å²) in [5, 5.41) is 0.315. The minimum Gasteiger partial charge on any atom is -0.384 e. The molecule has 1 atom stereocenters. The number of nitrogen functional groups attached to an aromatic ring is 1. The van der Waals surface area contributed by atoms with Crippen LogP contribution in [0.4, 0.5) is 5.82 Å². The average molecular weight is 256 g/mol. The number of nitrogens with zero attached hydrogens (tertiary/aromatic N) is 2. The normalized spacial score (nSPS) is 19.3. The SMILES string of the molecule is CN(C(=O)c1cc(N)ncc1Cl)C1CCOC1. The second kappa shape index (κ2) is 4.89. The molecular formula is C11H14ClN3O2. The fraction of sp³-hybridized carbons (Fsp3) is 0.455. The van der Waals surface area contributed by atoms with Crippen molar-refractivity contribution >= 4 is 23.3 Å². The third-order valence-corrected chi connectivity index (χ3v) is 3.18. The van der Waals surface area contributed by atoms with Gasteiger partial charge in [0.25, 0.3) is 5.91 Å². The highest BCUT2D eigenvalue weighted by molar-refractivity contribution is 6.33. The summed E-state index contributed by atoms with van der Waals surface area (Å²) in [6.45, 7) is 1.26. The van der Waals surface area contributed by atoms with Gasteiger partial charge in [0.2, 0.25) is 0 Å². The van der Waals surface area contributed by atoms with Crippen LogP contribution in [-0.4, -0.2) is 42.1 Å². The van der Waals surface area contributed by atoms with E-state index >= 15 is 0 Å². The molecule has 2 heterocycles. The van der Waals surface area contributed by atoms with Gasteiger partial charge >= 0.3 is 0 Å². The van der Waals surface area contributed by atoms with E-state index in [1.54, 1.807) is 11.9 Å². The maximum absolute atomic E-state index is 12.2. The lowest BCUT2D eigenvalue weighted by Crippen LogP contribution is -2.37. The number of nitrogens with two attached hydrogens (primary N) is 1. The summed E-state index contributed by atoms with van der Waals surface area (Å²) in [4.78, 5) is 17.7.